The summed E-state index contributed by atoms with van der Waals surface area (Å²) in [5.41, 5.74) is 6.25. The van der Waals surface area contributed by atoms with Gasteiger partial charge in [0, 0.05) is 5.92 Å². The highest BCUT2D eigenvalue weighted by Gasteiger charge is 2.39. The number of rotatable bonds is 13. The van der Waals surface area contributed by atoms with E-state index in [0.717, 1.165) is 0 Å². The molecule has 248 valence electrons. The smallest absolute Gasteiger partial charge is 0.342 e. The first-order valence-electron chi connectivity index (χ1n) is 14.6. The number of fused-ring (bicyclic) bond motifs is 1. The molecule has 1 fully saturated rings. The van der Waals surface area contributed by atoms with Crippen LogP contribution in [0.3, 0.4) is 0 Å². The summed E-state index contributed by atoms with van der Waals surface area (Å²) in [6.07, 6.45) is 1.16. The van der Waals surface area contributed by atoms with E-state index in [1.807, 2.05) is 48.5 Å². The second-order valence-electron chi connectivity index (χ2n) is 13.7. The van der Waals surface area contributed by atoms with Crippen molar-refractivity contribution in [2.45, 2.75) is 93.2 Å². The molecule has 2 aromatic heterocycles. The first kappa shape index (κ1) is 35.6. The second-order valence-corrected chi connectivity index (χ2v) is 15.5. The zero-order valence-electron chi connectivity index (χ0n) is 27.4. The van der Waals surface area contributed by atoms with Crippen LogP contribution in [0.4, 0.5) is 5.95 Å². The zero-order valence-corrected chi connectivity index (χ0v) is 28.3. The van der Waals surface area contributed by atoms with Crippen molar-refractivity contribution in [1.29, 1.82) is 0 Å². The Morgan fingerprint density at radius 3 is 2.11 bits per heavy atom. The molecule has 0 saturated carbocycles. The molecule has 4 N–H and O–H groups in total. The third-order valence-electron chi connectivity index (χ3n) is 6.50. The first-order chi connectivity index (χ1) is 20.3. The van der Waals surface area contributed by atoms with Gasteiger partial charge in [0.05, 0.1) is 39.4 Å². The molecule has 1 aliphatic heterocycles. The maximum atomic E-state index is 14.1. The summed E-state index contributed by atoms with van der Waals surface area (Å²) in [4.78, 5) is 38.2. The van der Waals surface area contributed by atoms with Gasteiger partial charge in [-0.1, -0.05) is 48.5 Å². The largest absolute Gasteiger partial charge is 0.479 e. The standard InChI is InChI=1S/C28H48N7O8P/c1-16-11-19(43-23(16)35-15-30-20-21(35)31-26(29)32-22(20)39-10)12-42-44(38,33-17(2)24(36)40-13-27(4,5)6)34-18(3)25(37)41-14-28(7,8)9/h15-19,23H,11-14H2,1-10H3,(H2,29,31,32)(H2,33,34,38). The molecule has 0 amide bonds. The lowest BCUT2D eigenvalue weighted by Crippen LogP contribution is -2.43. The Hall–Kier alpha value is -2.84. The number of hydrogen-bond acceptors (Lipinski definition) is 12. The topological polar surface area (TPSA) is 191 Å². The van der Waals surface area contributed by atoms with Crippen LogP contribution in [0.2, 0.25) is 0 Å². The van der Waals surface area contributed by atoms with Crippen molar-refractivity contribution in [3.05, 3.63) is 6.33 Å². The first-order valence-corrected chi connectivity index (χ1v) is 16.3. The molecule has 2 aromatic rings. The Morgan fingerprint density at radius 1 is 1.07 bits per heavy atom. The molecule has 0 aromatic carbocycles. The number of nitrogens with two attached hydrogens (primary N) is 1. The highest BCUT2D eigenvalue weighted by Crippen LogP contribution is 2.42. The van der Waals surface area contributed by atoms with Gasteiger partial charge in [0.25, 0.3) is 0 Å². The summed E-state index contributed by atoms with van der Waals surface area (Å²) in [7, 11) is -2.56. The van der Waals surface area contributed by atoms with Crippen LogP contribution in [-0.4, -0.2) is 76.6 Å². The molecule has 1 aliphatic rings. The Morgan fingerprint density at radius 2 is 1.61 bits per heavy atom. The maximum Gasteiger partial charge on any atom is 0.342 e. The van der Waals surface area contributed by atoms with Gasteiger partial charge < -0.3 is 29.2 Å². The van der Waals surface area contributed by atoms with Crippen molar-refractivity contribution in [3.8, 4) is 5.88 Å². The number of ether oxygens (including phenoxy) is 4. The predicted octanol–water partition coefficient (Wildman–Crippen LogP) is 3.60. The van der Waals surface area contributed by atoms with E-state index in [4.69, 9.17) is 29.2 Å². The molecule has 1 saturated heterocycles. The number of aromatic nitrogens is 4. The molecule has 0 aliphatic carbocycles. The zero-order chi connectivity index (χ0) is 33.0. The van der Waals surface area contributed by atoms with Crippen LogP contribution in [0.15, 0.2) is 6.33 Å². The third kappa shape index (κ3) is 9.83. The predicted molar refractivity (Wildman–Crippen MR) is 164 cm³/mol. The van der Waals surface area contributed by atoms with Gasteiger partial charge >= 0.3 is 19.6 Å². The van der Waals surface area contributed by atoms with Crippen molar-refractivity contribution >= 4 is 36.7 Å². The van der Waals surface area contributed by atoms with Gasteiger partial charge in [-0.05, 0) is 31.1 Å². The van der Waals surface area contributed by atoms with E-state index in [9.17, 15) is 14.2 Å². The van der Waals surface area contributed by atoms with Crippen LogP contribution in [0.5, 0.6) is 5.88 Å². The van der Waals surface area contributed by atoms with Gasteiger partial charge in [0.15, 0.2) is 11.2 Å². The van der Waals surface area contributed by atoms with Gasteiger partial charge in [-0.15, -0.1) is 0 Å². The molecule has 16 heteroatoms. The van der Waals surface area contributed by atoms with E-state index in [1.165, 1.54) is 21.0 Å². The number of esters is 2. The van der Waals surface area contributed by atoms with Crippen LogP contribution in [0.1, 0.15) is 75.0 Å². The number of carbonyl (C=O) groups is 2. The van der Waals surface area contributed by atoms with Crippen LogP contribution >= 0.6 is 7.67 Å². The van der Waals surface area contributed by atoms with Crippen LogP contribution in [-0.2, 0) is 32.9 Å². The van der Waals surface area contributed by atoms with Crippen LogP contribution < -0.4 is 20.6 Å². The van der Waals surface area contributed by atoms with E-state index in [2.05, 4.69) is 25.1 Å². The molecular formula is C28H48N7O8P. The fourth-order valence-electron chi connectivity index (χ4n) is 4.34. The van der Waals surface area contributed by atoms with Crippen molar-refractivity contribution in [3.63, 3.8) is 0 Å². The summed E-state index contributed by atoms with van der Waals surface area (Å²) in [6, 6.07) is -2.02. The molecule has 3 rings (SSSR count). The number of methoxy groups -OCH3 is 1. The molecule has 0 radical (unpaired) electrons. The number of imidazole rings is 1. The van der Waals surface area contributed by atoms with Gasteiger partial charge in [0.1, 0.15) is 18.3 Å². The molecule has 0 bridgehead atoms. The Kier molecular flexibility index (Phi) is 11.4. The fourth-order valence-corrected chi connectivity index (χ4v) is 6.17. The summed E-state index contributed by atoms with van der Waals surface area (Å²) in [5, 5.41) is 5.46. The van der Waals surface area contributed by atoms with Gasteiger partial charge in [-0.2, -0.15) is 9.97 Å². The molecule has 0 spiro atoms. The highest BCUT2D eigenvalue weighted by atomic mass is 31.2. The minimum absolute atomic E-state index is 0.0129. The lowest BCUT2D eigenvalue weighted by atomic mass is 9.99. The quantitative estimate of drug-likeness (QED) is 0.212. The summed E-state index contributed by atoms with van der Waals surface area (Å²) in [5.74, 6) is -0.947. The molecule has 44 heavy (non-hydrogen) atoms. The molecule has 15 nitrogen and oxygen atoms in total. The van der Waals surface area contributed by atoms with E-state index in [-0.39, 0.29) is 48.4 Å². The fraction of sp³-hybridized carbons (Fsp3) is 0.750. The monoisotopic (exact) mass is 641 g/mol. The molecular weight excluding hydrogens is 593 g/mol. The molecule has 5 atom stereocenters. The van der Waals surface area contributed by atoms with Crippen LogP contribution in [0, 0.1) is 16.7 Å². The van der Waals surface area contributed by atoms with Crippen molar-refractivity contribution < 1.29 is 37.6 Å². The minimum atomic E-state index is -4.03. The Balaban J connectivity index is 1.74. The third-order valence-corrected chi connectivity index (χ3v) is 8.47. The molecule has 3 heterocycles. The number of anilines is 1. The second kappa shape index (κ2) is 14.1. The van der Waals surface area contributed by atoms with E-state index in [1.54, 1.807) is 10.9 Å². The van der Waals surface area contributed by atoms with Gasteiger partial charge in [-0.3, -0.25) is 18.7 Å². The normalized spacial score (nSPS) is 21.9. The highest BCUT2D eigenvalue weighted by molar-refractivity contribution is 7.54. The SMILES string of the molecule is COc1nc(N)nc2c1ncn2C1OC(COP(=O)(NC(C)C(=O)OCC(C)(C)C)NC(C)C(=O)OCC(C)(C)C)CC1C. The number of nitrogens with one attached hydrogen (secondary N) is 2. The van der Waals surface area contributed by atoms with E-state index < -0.39 is 44.0 Å². The number of nitrogens with zero attached hydrogens (tertiary/aromatic N) is 4. The van der Waals surface area contributed by atoms with Crippen molar-refractivity contribution in [2.75, 3.05) is 32.7 Å². The number of carbonyl (C=O) groups excluding carboxylic acids is 2. The lowest BCUT2D eigenvalue weighted by molar-refractivity contribution is -0.148. The molecule has 5 unspecified atom stereocenters. The summed E-state index contributed by atoms with van der Waals surface area (Å²) in [6.45, 7) is 16.8. The average molecular weight is 642 g/mol. The summed E-state index contributed by atoms with van der Waals surface area (Å²) >= 11 is 0. The average Bonchev–Trinajstić information content (AvgIpc) is 3.50. The van der Waals surface area contributed by atoms with E-state index in [0.29, 0.717) is 17.6 Å². The Labute approximate surface area is 258 Å². The van der Waals surface area contributed by atoms with Gasteiger partial charge in [0.2, 0.25) is 11.8 Å². The minimum Gasteiger partial charge on any atom is -0.479 e. The Bertz CT molecular complexity index is 1310. The number of nitrogen functional groups attached to an aromatic ring is 1. The van der Waals surface area contributed by atoms with Crippen LogP contribution in [0.25, 0.3) is 11.2 Å². The number of hydrogen-bond donors (Lipinski definition) is 3. The summed E-state index contributed by atoms with van der Waals surface area (Å²) < 4.78 is 44.1. The van der Waals surface area contributed by atoms with E-state index >= 15 is 0 Å². The van der Waals surface area contributed by atoms with Gasteiger partial charge in [-0.25, -0.2) is 15.2 Å². The van der Waals surface area contributed by atoms with Crippen molar-refractivity contribution in [1.82, 2.24) is 29.7 Å². The van der Waals surface area contributed by atoms with Crippen molar-refractivity contribution in [2.24, 2.45) is 16.7 Å². The lowest BCUT2D eigenvalue weighted by Gasteiger charge is -2.28. The maximum absolute atomic E-state index is 14.1.